The number of hydrogen-bond acceptors (Lipinski definition) is 10. The molecule has 1 aromatic carbocycles. The summed E-state index contributed by atoms with van der Waals surface area (Å²) in [7, 11) is 2.24. The van der Waals surface area contributed by atoms with Crippen LogP contribution >= 0.6 is 0 Å². The van der Waals surface area contributed by atoms with E-state index in [1.165, 1.54) is 90.3 Å². The zero-order valence-electron chi connectivity index (χ0n) is 52.7. The summed E-state index contributed by atoms with van der Waals surface area (Å²) in [5.41, 5.74) is 12.3. The Morgan fingerprint density at radius 3 is 2.37 bits per heavy atom. The molecule has 458 valence electrons. The largest absolute Gasteiger partial charge is 0.467 e. The van der Waals surface area contributed by atoms with Crippen LogP contribution in [-0.2, 0) is 43.2 Å². The number of likely N-dealkylation sites (tertiary alicyclic amines) is 1. The Balaban J connectivity index is 0.00000460. The Kier molecular flexibility index (Phi) is 19.6. The van der Waals surface area contributed by atoms with Crippen LogP contribution < -0.4 is 15.6 Å². The second-order valence-electron chi connectivity index (χ2n) is 28.7. The highest BCUT2D eigenvalue weighted by Gasteiger charge is 2.65. The first-order valence-electron chi connectivity index (χ1n) is 33.4. The number of aryl methyl sites for hydroxylation is 1. The number of hydrogen-bond donors (Lipinski definition) is 2. The van der Waals surface area contributed by atoms with E-state index in [4.69, 9.17) is 14.5 Å². The maximum atomic E-state index is 15.8. The molecular formula is C69H112N8O5. The predicted octanol–water partition coefficient (Wildman–Crippen LogP) is 12.7. The van der Waals surface area contributed by atoms with E-state index in [2.05, 4.69) is 130 Å². The number of hydrazine groups is 1. The number of carbonyl (C=O) groups excluding carboxylic acids is 3. The molecule has 3 aliphatic carbocycles. The van der Waals surface area contributed by atoms with E-state index in [1.54, 1.807) is 0 Å². The minimum Gasteiger partial charge on any atom is -0.467 e. The van der Waals surface area contributed by atoms with Crippen molar-refractivity contribution in [1.29, 1.82) is 0 Å². The third-order valence-electron chi connectivity index (χ3n) is 22.5. The van der Waals surface area contributed by atoms with Gasteiger partial charge in [0.05, 0.1) is 37.3 Å². The normalized spacial score (nSPS) is 27.8. The van der Waals surface area contributed by atoms with Crippen molar-refractivity contribution in [3.8, 4) is 11.3 Å². The Morgan fingerprint density at radius 1 is 0.976 bits per heavy atom. The van der Waals surface area contributed by atoms with Gasteiger partial charge in [-0.25, -0.2) is 5.43 Å². The maximum absolute atomic E-state index is 15.8. The monoisotopic (exact) mass is 1130 g/mol. The first kappa shape index (κ1) is 61.1. The fourth-order valence-electron chi connectivity index (χ4n) is 17.8. The fourth-order valence-corrected chi connectivity index (χ4v) is 17.8. The minimum absolute atomic E-state index is 0. The van der Waals surface area contributed by atoms with Crippen molar-refractivity contribution in [3.05, 3.63) is 47.3 Å². The van der Waals surface area contributed by atoms with Crippen molar-refractivity contribution in [2.75, 3.05) is 77.6 Å². The molecule has 4 saturated heterocycles. The summed E-state index contributed by atoms with van der Waals surface area (Å²) in [5.74, 6) is 2.42. The van der Waals surface area contributed by atoms with Crippen molar-refractivity contribution in [3.63, 3.8) is 0 Å². The first-order chi connectivity index (χ1) is 39.6. The summed E-state index contributed by atoms with van der Waals surface area (Å²) in [5, 5.41) is 6.79. The van der Waals surface area contributed by atoms with Gasteiger partial charge in [0.1, 0.15) is 6.04 Å². The van der Waals surface area contributed by atoms with Crippen LogP contribution in [0.1, 0.15) is 197 Å². The molecule has 2 aromatic heterocycles. The number of nitrogens with one attached hydrogen (secondary N) is 2. The van der Waals surface area contributed by atoms with E-state index in [-0.39, 0.29) is 61.1 Å². The topological polar surface area (TPSA) is 125 Å². The third kappa shape index (κ3) is 12.3. The molecule has 7 fully saturated rings. The van der Waals surface area contributed by atoms with E-state index >= 15 is 9.59 Å². The molecule has 3 aromatic rings. The van der Waals surface area contributed by atoms with E-state index < -0.39 is 6.04 Å². The number of ether oxygens (including phenoxy) is 2. The van der Waals surface area contributed by atoms with Crippen LogP contribution in [0.25, 0.3) is 22.2 Å². The average Bonchev–Trinajstić information content (AvgIpc) is 1.00. The van der Waals surface area contributed by atoms with Gasteiger partial charge in [-0.15, -0.1) is 0 Å². The molecule has 13 nitrogen and oxygen atoms in total. The van der Waals surface area contributed by atoms with Crippen LogP contribution in [0.4, 0.5) is 5.69 Å². The summed E-state index contributed by atoms with van der Waals surface area (Å²) in [6.07, 6.45) is 23.6. The summed E-state index contributed by atoms with van der Waals surface area (Å²) >= 11 is 0. The number of anilines is 1. The highest BCUT2D eigenvalue weighted by Crippen LogP contribution is 2.63. The first-order valence-corrected chi connectivity index (χ1v) is 33.4. The molecule has 3 saturated carbocycles. The van der Waals surface area contributed by atoms with Gasteiger partial charge < -0.3 is 29.2 Å². The number of rotatable bonds is 24. The SMILES string of the molecule is CCCCN(C1CCC(C2(CC)CCC2)CC1)[C@@H]1C(=O)N[C@H](C(=O)N2CCCCN2)[C@@H](CCN(CCC)c2ccc3c(c2)c(CC(C)(C)COC=O)c(-c2cc(CC4CCN(C)CC4)cnc2C(C)C)n3CC)C2CC3(COC3)C2C1C.[HH].[HH]. The lowest BCUT2D eigenvalue weighted by Crippen LogP contribution is -2.72. The molecule has 0 radical (unpaired) electrons. The lowest BCUT2D eigenvalue weighted by atomic mass is 9.44. The van der Waals surface area contributed by atoms with Gasteiger partial charge in [0.2, 0.25) is 5.91 Å². The number of benzene rings is 1. The van der Waals surface area contributed by atoms with Gasteiger partial charge in [-0.1, -0.05) is 74.7 Å². The smallest absolute Gasteiger partial charge is 0.293 e. The molecular weight excluding hydrogens is 1020 g/mol. The molecule has 2 N–H and O–H groups in total. The molecule has 0 bridgehead atoms. The number of pyridine rings is 1. The fraction of sp³-hybridized carbons (Fsp3) is 0.768. The van der Waals surface area contributed by atoms with Crippen LogP contribution in [0, 0.1) is 51.8 Å². The molecule has 7 aliphatic rings. The second kappa shape index (κ2) is 26.3. The van der Waals surface area contributed by atoms with Crippen LogP contribution in [0.2, 0.25) is 0 Å². The molecule has 6 atom stereocenters. The zero-order valence-corrected chi connectivity index (χ0v) is 52.7. The summed E-state index contributed by atoms with van der Waals surface area (Å²) in [6.45, 7) is 30.1. The predicted molar refractivity (Wildman–Crippen MR) is 336 cm³/mol. The Bertz CT molecular complexity index is 2640. The second-order valence-corrected chi connectivity index (χ2v) is 28.7. The van der Waals surface area contributed by atoms with Crippen molar-refractivity contribution in [2.24, 2.45) is 51.8 Å². The molecule has 4 aliphatic heterocycles. The lowest BCUT2D eigenvalue weighted by Gasteiger charge is -2.66. The Hall–Kier alpha value is -4.04. The highest BCUT2D eigenvalue weighted by molar-refractivity contribution is 5.95. The number of piperidine rings is 1. The Labute approximate surface area is 497 Å². The van der Waals surface area contributed by atoms with Crippen molar-refractivity contribution in [2.45, 2.75) is 215 Å². The number of aromatic nitrogens is 2. The maximum Gasteiger partial charge on any atom is 0.293 e. The Morgan fingerprint density at radius 2 is 1.74 bits per heavy atom. The quantitative estimate of drug-likeness (QED) is 0.0838. The van der Waals surface area contributed by atoms with Gasteiger partial charge in [-0.05, 0) is 219 Å². The van der Waals surface area contributed by atoms with Gasteiger partial charge in [0.15, 0.2) is 0 Å². The number of unbranched alkanes of at least 4 members (excludes halogenated alkanes) is 1. The molecule has 10 rings (SSSR count). The van der Waals surface area contributed by atoms with E-state index in [0.29, 0.717) is 43.4 Å². The average molecular weight is 1130 g/mol. The standard InChI is InChI=1S/C69H108N8O5.2H2/c1-11-15-32-76(52-21-19-51(20-22-52)68(13-3)28-18-29-68)63-48(7)60-57(41-69(60)44-81-45-69)54(62(72-65(63)79)66(80)77-33-17-16-30-71-77)27-36-74(31-12-2)53-23-24-59-55(39-53)58(40-67(8,9)43-82-46-78)64(75(59)14-4)56-38-50(42-70-61(56)47(5)6)37-49-25-34-73(10)35-26-49;;/h23-24,38-39,42,46-49,51-52,54,57,60,62-63,71H,11-22,25-37,40-41,43-45H2,1-10H3,(H,72,79);2*1H/t48?,51?,52?,54-,57?,60?,62-,63-;;/m0../s1. The van der Waals surface area contributed by atoms with Gasteiger partial charge in [0, 0.05) is 80.8 Å². The number of amides is 2. The molecule has 82 heavy (non-hydrogen) atoms. The van der Waals surface area contributed by atoms with Crippen molar-refractivity contribution >= 4 is 34.9 Å². The van der Waals surface area contributed by atoms with E-state index in [9.17, 15) is 4.79 Å². The molecule has 3 unspecified atom stereocenters. The van der Waals surface area contributed by atoms with Crippen LogP contribution in [-0.4, -0.2) is 133 Å². The van der Waals surface area contributed by atoms with Gasteiger partial charge in [-0.3, -0.25) is 29.3 Å². The van der Waals surface area contributed by atoms with E-state index in [1.807, 2.05) is 5.01 Å². The van der Waals surface area contributed by atoms with Crippen LogP contribution in [0.5, 0.6) is 0 Å². The van der Waals surface area contributed by atoms with Gasteiger partial charge in [0.25, 0.3) is 12.4 Å². The van der Waals surface area contributed by atoms with Gasteiger partial charge in [-0.2, -0.15) is 0 Å². The van der Waals surface area contributed by atoms with E-state index in [0.717, 1.165) is 135 Å². The summed E-state index contributed by atoms with van der Waals surface area (Å²) in [6, 6.07) is 9.08. The highest BCUT2D eigenvalue weighted by atomic mass is 16.5. The van der Waals surface area contributed by atoms with Gasteiger partial charge >= 0.3 is 0 Å². The number of carbonyl (C=O) groups is 3. The lowest BCUT2D eigenvalue weighted by molar-refractivity contribution is -0.256. The molecule has 2 amide bonds. The summed E-state index contributed by atoms with van der Waals surface area (Å²) < 4.78 is 14.3. The zero-order chi connectivity index (χ0) is 57.9. The van der Waals surface area contributed by atoms with Crippen molar-refractivity contribution < 1.29 is 26.7 Å². The number of nitrogens with zero attached hydrogens (tertiary/aromatic N) is 6. The molecule has 1 spiro atoms. The third-order valence-corrected chi connectivity index (χ3v) is 22.5. The number of fused-ring (bicyclic) bond motifs is 3. The van der Waals surface area contributed by atoms with Crippen molar-refractivity contribution in [1.82, 2.24) is 35.1 Å². The van der Waals surface area contributed by atoms with Crippen LogP contribution in [0.15, 0.2) is 30.5 Å². The van der Waals surface area contributed by atoms with Crippen LogP contribution in [0.3, 0.4) is 0 Å². The molecule has 6 heterocycles. The summed E-state index contributed by atoms with van der Waals surface area (Å²) in [4.78, 5) is 56.0. The minimum atomic E-state index is -0.626. The molecule has 13 heteroatoms.